The van der Waals surface area contributed by atoms with Gasteiger partial charge in [-0.15, -0.1) is 0 Å². The normalized spacial score (nSPS) is 17.7. The third-order valence-electron chi connectivity index (χ3n) is 3.44. The van der Waals surface area contributed by atoms with E-state index in [9.17, 15) is 4.39 Å². The van der Waals surface area contributed by atoms with Crippen molar-refractivity contribution >= 4 is 10.9 Å². The molecule has 0 amide bonds. The van der Waals surface area contributed by atoms with Gasteiger partial charge in [0.2, 0.25) is 0 Å². The number of ether oxygens (including phenoxy) is 1. The Bertz CT molecular complexity index is 514. The third-order valence-corrected chi connectivity index (χ3v) is 3.44. The SMILES string of the molecule is Fc1ccc2c([c]cn2CC2CCOCC2)c1. The van der Waals surface area contributed by atoms with Crippen molar-refractivity contribution in [2.45, 2.75) is 19.4 Å². The van der Waals surface area contributed by atoms with Gasteiger partial charge in [0.25, 0.3) is 0 Å². The molecule has 0 N–H and O–H groups in total. The minimum atomic E-state index is -0.197. The van der Waals surface area contributed by atoms with Crippen LogP contribution in [-0.4, -0.2) is 17.8 Å². The topological polar surface area (TPSA) is 14.2 Å². The number of nitrogens with zero attached hydrogens (tertiary/aromatic N) is 1. The molecule has 3 heteroatoms. The van der Waals surface area contributed by atoms with Crippen molar-refractivity contribution in [1.29, 1.82) is 0 Å². The molecular weight excluding hydrogens is 217 g/mol. The second-order valence-corrected chi connectivity index (χ2v) is 4.64. The Morgan fingerprint density at radius 1 is 1.35 bits per heavy atom. The molecule has 1 aliphatic heterocycles. The average molecular weight is 232 g/mol. The summed E-state index contributed by atoms with van der Waals surface area (Å²) >= 11 is 0. The Morgan fingerprint density at radius 3 is 3.00 bits per heavy atom. The molecule has 1 fully saturated rings. The molecule has 0 aliphatic carbocycles. The number of benzene rings is 1. The van der Waals surface area contributed by atoms with Crippen LogP contribution < -0.4 is 0 Å². The van der Waals surface area contributed by atoms with Crippen molar-refractivity contribution in [3.63, 3.8) is 0 Å². The molecule has 0 spiro atoms. The summed E-state index contributed by atoms with van der Waals surface area (Å²) < 4.78 is 20.6. The number of rotatable bonds is 2. The third kappa shape index (κ3) is 2.20. The fourth-order valence-corrected chi connectivity index (χ4v) is 2.45. The Kier molecular flexibility index (Phi) is 2.85. The minimum Gasteiger partial charge on any atom is -0.381 e. The van der Waals surface area contributed by atoms with Crippen molar-refractivity contribution in [2.75, 3.05) is 13.2 Å². The van der Waals surface area contributed by atoms with Crippen LogP contribution in [0.25, 0.3) is 10.9 Å². The lowest BCUT2D eigenvalue weighted by atomic mass is 10.0. The molecule has 1 aromatic carbocycles. The van der Waals surface area contributed by atoms with Gasteiger partial charge in [0.1, 0.15) is 5.82 Å². The van der Waals surface area contributed by atoms with Crippen LogP contribution >= 0.6 is 0 Å². The lowest BCUT2D eigenvalue weighted by Crippen LogP contribution is -2.19. The lowest BCUT2D eigenvalue weighted by Gasteiger charge is -2.22. The molecule has 3 rings (SSSR count). The maximum atomic E-state index is 13.1. The first kappa shape index (κ1) is 10.8. The molecule has 1 saturated heterocycles. The summed E-state index contributed by atoms with van der Waals surface area (Å²) in [6.07, 6.45) is 4.15. The van der Waals surface area contributed by atoms with E-state index in [1.54, 1.807) is 0 Å². The van der Waals surface area contributed by atoms with Gasteiger partial charge in [-0.1, -0.05) is 0 Å². The largest absolute Gasteiger partial charge is 0.381 e. The lowest BCUT2D eigenvalue weighted by molar-refractivity contribution is 0.0616. The molecule has 89 valence electrons. The first-order valence-corrected chi connectivity index (χ1v) is 6.07. The summed E-state index contributed by atoms with van der Waals surface area (Å²) in [4.78, 5) is 0. The van der Waals surface area contributed by atoms with E-state index in [2.05, 4.69) is 10.6 Å². The summed E-state index contributed by atoms with van der Waals surface area (Å²) in [6.45, 7) is 2.71. The molecule has 0 atom stereocenters. The maximum absolute atomic E-state index is 13.1. The first-order chi connectivity index (χ1) is 8.33. The highest BCUT2D eigenvalue weighted by Crippen LogP contribution is 2.21. The highest BCUT2D eigenvalue weighted by atomic mass is 19.1. The van der Waals surface area contributed by atoms with Crippen LogP contribution in [0.1, 0.15) is 12.8 Å². The molecule has 2 aromatic rings. The monoisotopic (exact) mass is 232 g/mol. The van der Waals surface area contributed by atoms with E-state index in [1.807, 2.05) is 12.3 Å². The molecule has 0 bridgehead atoms. The van der Waals surface area contributed by atoms with E-state index >= 15 is 0 Å². The molecule has 0 saturated carbocycles. The van der Waals surface area contributed by atoms with E-state index in [1.165, 1.54) is 12.1 Å². The van der Waals surface area contributed by atoms with E-state index < -0.39 is 0 Å². The van der Waals surface area contributed by atoms with Crippen LogP contribution in [0.5, 0.6) is 0 Å². The summed E-state index contributed by atoms with van der Waals surface area (Å²) in [5.41, 5.74) is 1.07. The standard InChI is InChI=1S/C14H15FNO/c15-13-1-2-14-12(9-13)3-6-16(14)10-11-4-7-17-8-5-11/h1-2,6,9,11H,4-5,7-8,10H2. The molecule has 1 radical (unpaired) electrons. The van der Waals surface area contributed by atoms with Crippen molar-refractivity contribution in [1.82, 2.24) is 4.57 Å². The van der Waals surface area contributed by atoms with E-state index in [-0.39, 0.29) is 5.82 Å². The first-order valence-electron chi connectivity index (χ1n) is 6.07. The summed E-state index contributed by atoms with van der Waals surface area (Å²) in [5, 5.41) is 0.858. The van der Waals surface area contributed by atoms with E-state index in [4.69, 9.17) is 4.74 Å². The molecule has 1 aliphatic rings. The number of fused-ring (bicyclic) bond motifs is 1. The van der Waals surface area contributed by atoms with E-state index in [0.29, 0.717) is 5.92 Å². The number of hydrogen-bond donors (Lipinski definition) is 0. The number of aromatic nitrogens is 1. The Morgan fingerprint density at radius 2 is 2.18 bits per heavy atom. The van der Waals surface area contributed by atoms with Crippen LogP contribution in [0.4, 0.5) is 4.39 Å². The van der Waals surface area contributed by atoms with Crippen molar-refractivity contribution < 1.29 is 9.13 Å². The van der Waals surface area contributed by atoms with E-state index in [0.717, 1.165) is 43.5 Å². The molecule has 1 aromatic heterocycles. The van der Waals surface area contributed by atoms with Gasteiger partial charge >= 0.3 is 0 Å². The summed E-state index contributed by atoms with van der Waals surface area (Å²) in [5.74, 6) is 0.468. The second-order valence-electron chi connectivity index (χ2n) is 4.64. The highest BCUT2D eigenvalue weighted by molar-refractivity contribution is 5.79. The van der Waals surface area contributed by atoms with Crippen molar-refractivity contribution in [2.24, 2.45) is 5.92 Å². The fraction of sp³-hybridized carbons (Fsp3) is 0.429. The van der Waals surface area contributed by atoms with Gasteiger partial charge in [0.05, 0.1) is 0 Å². The molecule has 2 heterocycles. The quantitative estimate of drug-likeness (QED) is 0.776. The minimum absolute atomic E-state index is 0.197. The molecule has 2 nitrogen and oxygen atoms in total. The van der Waals surface area contributed by atoms with Gasteiger partial charge in [0.15, 0.2) is 0 Å². The van der Waals surface area contributed by atoms with Crippen LogP contribution in [0.2, 0.25) is 0 Å². The van der Waals surface area contributed by atoms with Gasteiger partial charge in [-0.25, -0.2) is 4.39 Å². The Balaban J connectivity index is 1.84. The van der Waals surface area contributed by atoms with Gasteiger partial charge in [-0.2, -0.15) is 0 Å². The zero-order chi connectivity index (χ0) is 11.7. The summed E-state index contributed by atoms with van der Waals surface area (Å²) in [6, 6.07) is 7.99. The van der Waals surface area contributed by atoms with Crippen molar-refractivity contribution in [3.8, 4) is 0 Å². The maximum Gasteiger partial charge on any atom is 0.123 e. The smallest absolute Gasteiger partial charge is 0.123 e. The predicted molar refractivity (Wildman–Crippen MR) is 64.3 cm³/mol. The second kappa shape index (κ2) is 4.49. The Hall–Kier alpha value is -1.35. The fourth-order valence-electron chi connectivity index (χ4n) is 2.45. The average Bonchev–Trinajstić information content (AvgIpc) is 2.73. The zero-order valence-electron chi connectivity index (χ0n) is 9.66. The summed E-state index contributed by atoms with van der Waals surface area (Å²) in [7, 11) is 0. The zero-order valence-corrected chi connectivity index (χ0v) is 9.66. The van der Waals surface area contributed by atoms with Gasteiger partial charge in [0, 0.05) is 42.9 Å². The van der Waals surface area contributed by atoms with Crippen LogP contribution in [0.3, 0.4) is 0 Å². The molecule has 0 unspecified atom stereocenters. The predicted octanol–water partition coefficient (Wildman–Crippen LogP) is 3.01. The van der Waals surface area contributed by atoms with Crippen LogP contribution in [0, 0.1) is 17.8 Å². The number of hydrogen-bond acceptors (Lipinski definition) is 1. The van der Waals surface area contributed by atoms with Gasteiger partial charge in [-0.3, -0.25) is 0 Å². The highest BCUT2D eigenvalue weighted by Gasteiger charge is 2.15. The van der Waals surface area contributed by atoms with Crippen LogP contribution in [0.15, 0.2) is 24.4 Å². The van der Waals surface area contributed by atoms with Gasteiger partial charge in [-0.05, 0) is 37.0 Å². The Labute approximate surface area is 100.0 Å². The number of halogens is 1. The molecular formula is C14H15FNO. The van der Waals surface area contributed by atoms with Crippen LogP contribution in [-0.2, 0) is 11.3 Å². The molecule has 17 heavy (non-hydrogen) atoms. The van der Waals surface area contributed by atoms with Gasteiger partial charge < -0.3 is 9.30 Å². The van der Waals surface area contributed by atoms with Crippen molar-refractivity contribution in [3.05, 3.63) is 36.3 Å².